The normalized spacial score (nSPS) is 18.5. The molecule has 0 unspecified atom stereocenters. The fourth-order valence-corrected chi connectivity index (χ4v) is 3.93. The van der Waals surface area contributed by atoms with Gasteiger partial charge < -0.3 is 0 Å². The summed E-state index contributed by atoms with van der Waals surface area (Å²) in [6.45, 7) is 0.734. The van der Waals surface area contributed by atoms with E-state index >= 15 is 0 Å². The molecule has 1 N–H and O–H groups in total. The average molecular weight is 373 g/mol. The van der Waals surface area contributed by atoms with Crippen molar-refractivity contribution in [1.29, 1.82) is 0 Å². The zero-order valence-corrected chi connectivity index (χ0v) is 15.5. The number of nitrogens with one attached hydrogen (secondary N) is 1. The van der Waals surface area contributed by atoms with Crippen molar-refractivity contribution in [2.24, 2.45) is 0 Å². The van der Waals surface area contributed by atoms with Gasteiger partial charge in [-0.25, -0.2) is 0 Å². The van der Waals surface area contributed by atoms with Gasteiger partial charge in [0.15, 0.2) is 4.77 Å². The van der Waals surface area contributed by atoms with E-state index in [0.717, 1.165) is 24.5 Å². The van der Waals surface area contributed by atoms with Gasteiger partial charge in [-0.1, -0.05) is 60.7 Å². The summed E-state index contributed by atoms with van der Waals surface area (Å²) < 4.78 is 4.57. The van der Waals surface area contributed by atoms with Crippen molar-refractivity contribution in [3.63, 3.8) is 0 Å². The third kappa shape index (κ3) is 3.13. The van der Waals surface area contributed by atoms with Crippen molar-refractivity contribution in [1.82, 2.24) is 24.5 Å². The molecule has 0 bridgehead atoms. The maximum absolute atomic E-state index is 5.50. The highest BCUT2D eigenvalue weighted by molar-refractivity contribution is 7.71. The number of rotatable bonds is 5. The highest BCUT2D eigenvalue weighted by Crippen LogP contribution is 2.54. The van der Waals surface area contributed by atoms with Gasteiger partial charge in [-0.2, -0.15) is 10.2 Å². The fourth-order valence-electron chi connectivity index (χ4n) is 3.68. The molecule has 0 aliphatic heterocycles. The smallest absolute Gasteiger partial charge is 0.199 e. The molecule has 1 aliphatic carbocycles. The van der Waals surface area contributed by atoms with Gasteiger partial charge in [-0.05, 0) is 35.7 Å². The van der Waals surface area contributed by atoms with Crippen molar-refractivity contribution >= 4 is 12.2 Å². The lowest BCUT2D eigenvalue weighted by Gasteiger charge is -2.04. The SMILES string of the molecule is S=c1[nH]nc([C@H]2C[C@H]2c2ccccc2)n1-c1cnn(Cc2ccccc2)c1. The minimum absolute atomic E-state index is 0.387. The summed E-state index contributed by atoms with van der Waals surface area (Å²) in [4.78, 5) is 0. The minimum atomic E-state index is 0.387. The molecule has 1 aliphatic rings. The molecule has 2 aromatic carbocycles. The van der Waals surface area contributed by atoms with E-state index in [-0.39, 0.29) is 0 Å². The van der Waals surface area contributed by atoms with E-state index in [1.807, 2.05) is 39.8 Å². The second kappa shape index (κ2) is 6.63. The Morgan fingerprint density at radius 1 is 1.00 bits per heavy atom. The maximum Gasteiger partial charge on any atom is 0.199 e. The molecule has 2 aromatic heterocycles. The van der Waals surface area contributed by atoms with Crippen LogP contribution in [-0.4, -0.2) is 24.5 Å². The van der Waals surface area contributed by atoms with E-state index in [9.17, 15) is 0 Å². The second-order valence-electron chi connectivity index (χ2n) is 6.96. The number of H-pyrrole nitrogens is 1. The molecule has 5 rings (SSSR count). The molecule has 134 valence electrons. The molecule has 1 fully saturated rings. The van der Waals surface area contributed by atoms with Crippen molar-refractivity contribution in [2.75, 3.05) is 0 Å². The molecule has 0 saturated heterocycles. The summed E-state index contributed by atoms with van der Waals surface area (Å²) >= 11 is 5.50. The van der Waals surface area contributed by atoms with Crippen LogP contribution in [0, 0.1) is 4.77 Å². The van der Waals surface area contributed by atoms with Gasteiger partial charge in [0.1, 0.15) is 5.82 Å². The summed E-state index contributed by atoms with van der Waals surface area (Å²) in [5, 5.41) is 12.0. The van der Waals surface area contributed by atoms with Crippen LogP contribution in [0.5, 0.6) is 0 Å². The Labute approximate surface area is 162 Å². The van der Waals surface area contributed by atoms with Crippen molar-refractivity contribution in [2.45, 2.75) is 24.8 Å². The van der Waals surface area contributed by atoms with Crippen molar-refractivity contribution in [3.8, 4) is 5.69 Å². The fraction of sp³-hybridized carbons (Fsp3) is 0.190. The monoisotopic (exact) mass is 373 g/mol. The van der Waals surface area contributed by atoms with Crippen LogP contribution in [0.25, 0.3) is 5.69 Å². The van der Waals surface area contributed by atoms with Crippen LogP contribution in [0.15, 0.2) is 73.1 Å². The third-order valence-electron chi connectivity index (χ3n) is 5.11. The first-order valence-corrected chi connectivity index (χ1v) is 9.49. The van der Waals surface area contributed by atoms with Gasteiger partial charge in [-0.3, -0.25) is 14.3 Å². The zero-order valence-electron chi connectivity index (χ0n) is 14.7. The van der Waals surface area contributed by atoms with E-state index in [1.54, 1.807) is 0 Å². The van der Waals surface area contributed by atoms with Crippen LogP contribution in [0.1, 0.15) is 35.2 Å². The summed E-state index contributed by atoms with van der Waals surface area (Å²) in [6.07, 6.45) is 4.99. The number of hydrogen-bond acceptors (Lipinski definition) is 3. The van der Waals surface area contributed by atoms with Gasteiger partial charge in [0.2, 0.25) is 0 Å². The molecule has 0 amide bonds. The number of hydrogen-bond donors (Lipinski definition) is 1. The van der Waals surface area contributed by atoms with Crippen LogP contribution in [0.2, 0.25) is 0 Å². The van der Waals surface area contributed by atoms with E-state index in [2.05, 4.69) is 57.8 Å². The van der Waals surface area contributed by atoms with Crippen LogP contribution in [-0.2, 0) is 6.54 Å². The summed E-state index contributed by atoms with van der Waals surface area (Å²) in [7, 11) is 0. The Kier molecular flexibility index (Phi) is 3.98. The van der Waals surface area contributed by atoms with Gasteiger partial charge in [0.25, 0.3) is 0 Å². The third-order valence-corrected chi connectivity index (χ3v) is 5.39. The summed E-state index contributed by atoms with van der Waals surface area (Å²) in [5.41, 5.74) is 3.54. The lowest BCUT2D eigenvalue weighted by molar-refractivity contribution is 0.686. The topological polar surface area (TPSA) is 51.4 Å². The molecule has 0 spiro atoms. The molecular weight excluding hydrogens is 354 g/mol. The molecule has 4 aromatic rings. The molecule has 0 radical (unpaired) electrons. The van der Waals surface area contributed by atoms with Crippen molar-refractivity contribution in [3.05, 3.63) is 94.8 Å². The quantitative estimate of drug-likeness (QED) is 0.526. The Hall–Kier alpha value is -2.99. The highest BCUT2D eigenvalue weighted by Gasteiger charge is 2.43. The molecule has 1 saturated carbocycles. The zero-order chi connectivity index (χ0) is 18.2. The number of nitrogens with zero attached hydrogens (tertiary/aromatic N) is 4. The number of aromatic nitrogens is 5. The highest BCUT2D eigenvalue weighted by atomic mass is 32.1. The molecular formula is C21H19N5S. The summed E-state index contributed by atoms with van der Waals surface area (Å²) in [5.74, 6) is 1.89. The van der Waals surface area contributed by atoms with E-state index < -0.39 is 0 Å². The molecule has 6 heteroatoms. The standard InChI is InChI=1S/C21H19N5S/c27-21-24-23-20(19-11-18(19)16-9-5-2-6-10-16)26(21)17-12-22-25(14-17)13-15-7-3-1-4-8-15/h1-10,12,14,18-19H,11,13H2,(H,24,27)/t18-,19-/m0/s1. The number of benzene rings is 2. The predicted octanol–water partition coefficient (Wildman–Crippen LogP) is 4.45. The van der Waals surface area contributed by atoms with E-state index in [4.69, 9.17) is 12.2 Å². The Balaban J connectivity index is 1.42. The van der Waals surface area contributed by atoms with Crippen molar-refractivity contribution < 1.29 is 0 Å². The lowest BCUT2D eigenvalue weighted by atomic mass is 10.1. The molecule has 2 heterocycles. The van der Waals surface area contributed by atoms with Crippen LogP contribution >= 0.6 is 12.2 Å². The molecule has 2 atom stereocenters. The largest absolute Gasteiger partial charge is 0.269 e. The first-order valence-electron chi connectivity index (χ1n) is 9.08. The Bertz CT molecular complexity index is 1110. The first-order chi connectivity index (χ1) is 13.3. The van der Waals surface area contributed by atoms with Crippen LogP contribution < -0.4 is 0 Å². The summed E-state index contributed by atoms with van der Waals surface area (Å²) in [6, 6.07) is 20.9. The van der Waals surface area contributed by atoms with Crippen LogP contribution in [0.3, 0.4) is 0 Å². The molecule has 5 nitrogen and oxygen atoms in total. The Morgan fingerprint density at radius 2 is 1.74 bits per heavy atom. The molecule has 27 heavy (non-hydrogen) atoms. The van der Waals surface area contributed by atoms with E-state index in [1.165, 1.54) is 11.1 Å². The number of aromatic amines is 1. The maximum atomic E-state index is 5.50. The Morgan fingerprint density at radius 3 is 2.52 bits per heavy atom. The minimum Gasteiger partial charge on any atom is -0.269 e. The lowest BCUT2D eigenvalue weighted by Crippen LogP contribution is -2.01. The predicted molar refractivity (Wildman–Crippen MR) is 107 cm³/mol. The van der Waals surface area contributed by atoms with Gasteiger partial charge in [0, 0.05) is 12.1 Å². The van der Waals surface area contributed by atoms with E-state index in [0.29, 0.717) is 16.6 Å². The van der Waals surface area contributed by atoms with Gasteiger partial charge >= 0.3 is 0 Å². The van der Waals surface area contributed by atoms with Gasteiger partial charge in [-0.15, -0.1) is 0 Å². The van der Waals surface area contributed by atoms with Gasteiger partial charge in [0.05, 0.1) is 18.4 Å². The van der Waals surface area contributed by atoms with Crippen LogP contribution in [0.4, 0.5) is 0 Å². The second-order valence-corrected chi connectivity index (χ2v) is 7.35. The average Bonchev–Trinajstić information content (AvgIpc) is 3.22. The first kappa shape index (κ1) is 16.2.